The number of aryl methyl sites for hydroxylation is 1. The molecule has 198 valence electrons. The Hall–Kier alpha value is -3.85. The number of ether oxygens (including phenoxy) is 3. The van der Waals surface area contributed by atoms with Gasteiger partial charge in [-0.15, -0.1) is 0 Å². The van der Waals surface area contributed by atoms with E-state index in [0.29, 0.717) is 30.2 Å². The first-order valence-electron chi connectivity index (χ1n) is 11.9. The number of carbonyl (C=O) groups excluding carboxylic acids is 2. The summed E-state index contributed by atoms with van der Waals surface area (Å²) in [7, 11) is 4.64. The lowest BCUT2D eigenvalue weighted by Crippen LogP contribution is -2.44. The predicted octanol–water partition coefficient (Wildman–Crippen LogP) is 4.10. The van der Waals surface area contributed by atoms with Crippen LogP contribution in [-0.4, -0.2) is 69.2 Å². The fourth-order valence-corrected chi connectivity index (χ4v) is 3.87. The highest BCUT2D eigenvalue weighted by atomic mass is 19.1. The van der Waals surface area contributed by atoms with Crippen molar-refractivity contribution in [2.45, 2.75) is 19.9 Å². The highest BCUT2D eigenvalue weighted by molar-refractivity contribution is 5.96. The second-order valence-corrected chi connectivity index (χ2v) is 8.47. The van der Waals surface area contributed by atoms with E-state index in [1.807, 2.05) is 37.3 Å². The van der Waals surface area contributed by atoms with Crippen LogP contribution in [0.25, 0.3) is 0 Å². The maximum absolute atomic E-state index is 14.3. The van der Waals surface area contributed by atoms with Gasteiger partial charge in [-0.05, 0) is 55.3 Å². The molecule has 0 unspecified atom stereocenters. The molecule has 1 heterocycles. The van der Waals surface area contributed by atoms with E-state index in [0.717, 1.165) is 11.3 Å². The van der Waals surface area contributed by atoms with Gasteiger partial charge in [0.25, 0.3) is 5.91 Å². The Labute approximate surface area is 216 Å². The van der Waals surface area contributed by atoms with Crippen molar-refractivity contribution in [3.8, 4) is 11.5 Å². The second kappa shape index (κ2) is 13.5. The third-order valence-electron chi connectivity index (χ3n) is 5.90. The molecule has 9 heteroatoms. The van der Waals surface area contributed by atoms with Gasteiger partial charge in [0.05, 0.1) is 32.9 Å². The fraction of sp³-hybridized carbons (Fsp3) is 0.357. The van der Waals surface area contributed by atoms with Gasteiger partial charge in [0.1, 0.15) is 23.9 Å². The van der Waals surface area contributed by atoms with E-state index in [-0.39, 0.29) is 37.7 Å². The number of furan rings is 1. The molecule has 2 aromatic carbocycles. The van der Waals surface area contributed by atoms with E-state index in [1.165, 1.54) is 30.2 Å². The van der Waals surface area contributed by atoms with Crippen LogP contribution in [0, 0.1) is 12.7 Å². The van der Waals surface area contributed by atoms with Gasteiger partial charge < -0.3 is 28.4 Å². The molecular weight excluding hydrogens is 479 g/mol. The van der Waals surface area contributed by atoms with Crippen molar-refractivity contribution in [2.24, 2.45) is 0 Å². The minimum Gasteiger partial charge on any atom is -0.493 e. The summed E-state index contributed by atoms with van der Waals surface area (Å²) in [6, 6.07) is 15.0. The van der Waals surface area contributed by atoms with E-state index in [9.17, 15) is 14.0 Å². The van der Waals surface area contributed by atoms with Crippen LogP contribution in [-0.2, 0) is 22.5 Å². The predicted molar refractivity (Wildman–Crippen MR) is 136 cm³/mol. The molecule has 0 radical (unpaired) electrons. The molecule has 2 amide bonds. The Morgan fingerprint density at radius 2 is 1.68 bits per heavy atom. The van der Waals surface area contributed by atoms with Crippen molar-refractivity contribution in [1.82, 2.24) is 9.80 Å². The quantitative estimate of drug-likeness (QED) is 0.343. The van der Waals surface area contributed by atoms with Crippen LogP contribution in [0.5, 0.6) is 11.5 Å². The fourth-order valence-electron chi connectivity index (χ4n) is 3.87. The van der Waals surface area contributed by atoms with Crippen molar-refractivity contribution in [3.63, 3.8) is 0 Å². The van der Waals surface area contributed by atoms with Crippen LogP contribution >= 0.6 is 0 Å². The van der Waals surface area contributed by atoms with Crippen molar-refractivity contribution in [2.75, 3.05) is 47.6 Å². The van der Waals surface area contributed by atoms with Gasteiger partial charge in [0, 0.05) is 20.2 Å². The number of nitrogens with zero attached hydrogens (tertiary/aromatic N) is 2. The Morgan fingerprint density at radius 3 is 2.32 bits per heavy atom. The number of hydrogen-bond donors (Lipinski definition) is 0. The Morgan fingerprint density at radius 1 is 0.919 bits per heavy atom. The zero-order chi connectivity index (χ0) is 26.8. The molecule has 37 heavy (non-hydrogen) atoms. The molecule has 0 N–H and O–H groups in total. The van der Waals surface area contributed by atoms with Gasteiger partial charge in [0.2, 0.25) is 5.91 Å². The van der Waals surface area contributed by atoms with Crippen molar-refractivity contribution < 1.29 is 32.6 Å². The summed E-state index contributed by atoms with van der Waals surface area (Å²) in [6.45, 7) is 2.53. The number of benzene rings is 2. The normalized spacial score (nSPS) is 10.7. The number of rotatable bonds is 13. The summed E-state index contributed by atoms with van der Waals surface area (Å²) < 4.78 is 35.9. The van der Waals surface area contributed by atoms with Crippen LogP contribution in [0.4, 0.5) is 4.39 Å². The SMILES string of the molecule is COCCN(CC(=O)N(CCc1ccc(OC)c(OC)c1)Cc1ccc(C)o1)C(=O)c1ccccc1F. The first-order valence-corrected chi connectivity index (χ1v) is 11.9. The molecule has 8 nitrogen and oxygen atoms in total. The van der Waals surface area contributed by atoms with Crippen molar-refractivity contribution in [3.05, 3.63) is 83.1 Å². The molecule has 0 saturated carbocycles. The first-order chi connectivity index (χ1) is 17.9. The standard InChI is InChI=1S/C28H33FN2O6/c1-20-9-11-22(37-20)18-30(14-13-21-10-12-25(35-3)26(17-21)36-4)27(32)19-31(15-16-34-2)28(33)23-7-5-6-8-24(23)29/h5-12,17H,13-16,18-19H2,1-4H3. The maximum atomic E-state index is 14.3. The minimum absolute atomic E-state index is 0.0926. The third-order valence-corrected chi connectivity index (χ3v) is 5.90. The summed E-state index contributed by atoms with van der Waals surface area (Å²) >= 11 is 0. The zero-order valence-corrected chi connectivity index (χ0v) is 21.7. The number of carbonyl (C=O) groups is 2. The molecule has 0 atom stereocenters. The highest BCUT2D eigenvalue weighted by Gasteiger charge is 2.25. The summed E-state index contributed by atoms with van der Waals surface area (Å²) in [4.78, 5) is 29.6. The lowest BCUT2D eigenvalue weighted by Gasteiger charge is -2.27. The van der Waals surface area contributed by atoms with Gasteiger partial charge in [-0.25, -0.2) is 4.39 Å². The van der Waals surface area contributed by atoms with Crippen molar-refractivity contribution >= 4 is 11.8 Å². The van der Waals surface area contributed by atoms with E-state index in [2.05, 4.69) is 0 Å². The largest absolute Gasteiger partial charge is 0.493 e. The smallest absolute Gasteiger partial charge is 0.257 e. The summed E-state index contributed by atoms with van der Waals surface area (Å²) in [6.07, 6.45) is 0.533. The average Bonchev–Trinajstić information content (AvgIpc) is 3.32. The summed E-state index contributed by atoms with van der Waals surface area (Å²) in [5.74, 6) is 1.07. The van der Waals surface area contributed by atoms with Gasteiger partial charge >= 0.3 is 0 Å². The lowest BCUT2D eigenvalue weighted by molar-refractivity contribution is -0.132. The average molecular weight is 513 g/mol. The van der Waals surface area contributed by atoms with Crippen LogP contribution in [0.1, 0.15) is 27.4 Å². The second-order valence-electron chi connectivity index (χ2n) is 8.47. The molecule has 0 bridgehead atoms. The van der Waals surface area contributed by atoms with Crippen LogP contribution in [0.15, 0.2) is 59.0 Å². The van der Waals surface area contributed by atoms with E-state index < -0.39 is 11.7 Å². The molecule has 3 aromatic rings. The topological polar surface area (TPSA) is 81.5 Å². The molecule has 0 aliphatic rings. The minimum atomic E-state index is -0.640. The molecule has 1 aromatic heterocycles. The molecular formula is C28H33FN2O6. The van der Waals surface area contributed by atoms with Crippen LogP contribution in [0.3, 0.4) is 0 Å². The number of halogens is 1. The van der Waals surface area contributed by atoms with Crippen LogP contribution in [0.2, 0.25) is 0 Å². The monoisotopic (exact) mass is 512 g/mol. The summed E-state index contributed by atoms with van der Waals surface area (Å²) in [5.41, 5.74) is 0.856. The summed E-state index contributed by atoms with van der Waals surface area (Å²) in [5, 5.41) is 0. The van der Waals surface area contributed by atoms with Gasteiger partial charge in [-0.3, -0.25) is 9.59 Å². The Balaban J connectivity index is 1.80. The van der Waals surface area contributed by atoms with Crippen molar-refractivity contribution in [1.29, 1.82) is 0 Å². The van der Waals surface area contributed by atoms with Gasteiger partial charge in [-0.2, -0.15) is 0 Å². The molecule has 0 saturated heterocycles. The van der Waals surface area contributed by atoms with Crippen LogP contribution < -0.4 is 9.47 Å². The molecule has 0 spiro atoms. The van der Waals surface area contributed by atoms with E-state index in [4.69, 9.17) is 18.6 Å². The highest BCUT2D eigenvalue weighted by Crippen LogP contribution is 2.28. The van der Waals surface area contributed by atoms with E-state index in [1.54, 1.807) is 25.2 Å². The number of amides is 2. The Bertz CT molecular complexity index is 1190. The zero-order valence-electron chi connectivity index (χ0n) is 21.7. The van der Waals surface area contributed by atoms with Gasteiger partial charge in [-0.1, -0.05) is 18.2 Å². The molecule has 0 aliphatic heterocycles. The first kappa shape index (κ1) is 27.7. The molecule has 0 fully saturated rings. The molecule has 0 aliphatic carbocycles. The Kier molecular flexibility index (Phi) is 10.1. The number of hydrogen-bond acceptors (Lipinski definition) is 6. The lowest BCUT2D eigenvalue weighted by atomic mass is 10.1. The van der Waals surface area contributed by atoms with Gasteiger partial charge in [0.15, 0.2) is 11.5 Å². The third kappa shape index (κ3) is 7.57. The number of methoxy groups -OCH3 is 3. The maximum Gasteiger partial charge on any atom is 0.257 e. The van der Waals surface area contributed by atoms with E-state index >= 15 is 0 Å². The molecule has 3 rings (SSSR count).